The summed E-state index contributed by atoms with van der Waals surface area (Å²) in [6.07, 6.45) is 1.72. The van der Waals surface area contributed by atoms with Crippen LogP contribution in [0.5, 0.6) is 0 Å². The molecule has 2 N–H and O–H groups in total. The van der Waals surface area contributed by atoms with Gasteiger partial charge in [-0.2, -0.15) is 4.98 Å². The molecule has 0 aliphatic rings. The van der Waals surface area contributed by atoms with Crippen molar-refractivity contribution in [1.29, 1.82) is 0 Å². The fourth-order valence-corrected chi connectivity index (χ4v) is 2.44. The SMILES string of the molecule is COC(=O)C(NC(=O)c1c(SC)nc(=O)[nH]c1C)C(C)C. The number of esters is 1. The van der Waals surface area contributed by atoms with Crippen molar-refractivity contribution in [3.8, 4) is 0 Å². The molecule has 0 bridgehead atoms. The van der Waals surface area contributed by atoms with Gasteiger partial charge in [-0.3, -0.25) is 4.79 Å². The topological polar surface area (TPSA) is 101 Å². The van der Waals surface area contributed by atoms with E-state index in [4.69, 9.17) is 0 Å². The van der Waals surface area contributed by atoms with Gasteiger partial charge in [-0.15, -0.1) is 11.8 Å². The fraction of sp³-hybridized carbons (Fsp3) is 0.538. The molecule has 0 aliphatic carbocycles. The second-order valence-electron chi connectivity index (χ2n) is 4.77. The van der Waals surface area contributed by atoms with Gasteiger partial charge in [0.05, 0.1) is 12.7 Å². The molecule has 1 atom stereocenters. The fourth-order valence-electron chi connectivity index (χ4n) is 1.81. The van der Waals surface area contributed by atoms with Gasteiger partial charge in [-0.25, -0.2) is 9.59 Å². The number of methoxy groups -OCH3 is 1. The van der Waals surface area contributed by atoms with Gasteiger partial charge in [0.25, 0.3) is 5.91 Å². The molecule has 1 amide bonds. The summed E-state index contributed by atoms with van der Waals surface area (Å²) in [5.41, 5.74) is 0.155. The molecule has 1 aromatic heterocycles. The van der Waals surface area contributed by atoms with Gasteiger partial charge in [-0.1, -0.05) is 13.8 Å². The first-order valence-electron chi connectivity index (χ1n) is 6.35. The second kappa shape index (κ2) is 7.26. The third-order valence-corrected chi connectivity index (χ3v) is 3.60. The molecule has 1 aromatic rings. The number of ether oxygens (including phenoxy) is 1. The smallest absolute Gasteiger partial charge is 0.346 e. The zero-order chi connectivity index (χ0) is 16.2. The number of amides is 1. The monoisotopic (exact) mass is 313 g/mol. The van der Waals surface area contributed by atoms with Crippen LogP contribution in [0.1, 0.15) is 29.9 Å². The van der Waals surface area contributed by atoms with Crippen LogP contribution in [-0.2, 0) is 9.53 Å². The van der Waals surface area contributed by atoms with Gasteiger partial charge in [0.1, 0.15) is 11.1 Å². The summed E-state index contributed by atoms with van der Waals surface area (Å²) in [6.45, 7) is 5.21. The van der Waals surface area contributed by atoms with Gasteiger partial charge >= 0.3 is 11.7 Å². The molecular weight excluding hydrogens is 294 g/mol. The maximum absolute atomic E-state index is 12.4. The van der Waals surface area contributed by atoms with E-state index in [9.17, 15) is 14.4 Å². The van der Waals surface area contributed by atoms with Crippen molar-refractivity contribution in [2.75, 3.05) is 13.4 Å². The van der Waals surface area contributed by atoms with Gasteiger partial charge < -0.3 is 15.0 Å². The Kier molecular flexibility index (Phi) is 5.95. The van der Waals surface area contributed by atoms with Crippen molar-refractivity contribution in [3.05, 3.63) is 21.7 Å². The third-order valence-electron chi connectivity index (χ3n) is 2.92. The largest absolute Gasteiger partial charge is 0.467 e. The summed E-state index contributed by atoms with van der Waals surface area (Å²) in [6, 6.07) is -0.761. The minimum atomic E-state index is -0.761. The molecular formula is C13H19N3O4S. The summed E-state index contributed by atoms with van der Waals surface area (Å²) in [4.78, 5) is 41.7. The zero-order valence-corrected chi connectivity index (χ0v) is 13.5. The number of hydrogen-bond acceptors (Lipinski definition) is 6. The summed E-state index contributed by atoms with van der Waals surface area (Å²) >= 11 is 1.19. The number of nitrogens with one attached hydrogen (secondary N) is 2. The van der Waals surface area contributed by atoms with Gasteiger partial charge in [0, 0.05) is 5.69 Å². The van der Waals surface area contributed by atoms with Gasteiger partial charge in [0.15, 0.2) is 0 Å². The molecule has 0 radical (unpaired) electrons. The highest BCUT2D eigenvalue weighted by Crippen LogP contribution is 2.18. The minimum Gasteiger partial charge on any atom is -0.467 e. The Balaban J connectivity index is 3.14. The molecule has 8 heteroatoms. The first-order chi connectivity index (χ1) is 9.81. The summed E-state index contributed by atoms with van der Waals surface area (Å²) in [5, 5.41) is 2.95. The van der Waals surface area contributed by atoms with Crippen LogP contribution in [-0.4, -0.2) is 41.3 Å². The maximum atomic E-state index is 12.4. The number of aromatic amines is 1. The normalized spacial score (nSPS) is 12.1. The second-order valence-corrected chi connectivity index (χ2v) is 5.56. The average molecular weight is 313 g/mol. The zero-order valence-electron chi connectivity index (χ0n) is 12.6. The Labute approximate surface area is 126 Å². The molecule has 0 aromatic carbocycles. The lowest BCUT2D eigenvalue weighted by atomic mass is 10.0. The van der Waals surface area contributed by atoms with E-state index in [-0.39, 0.29) is 11.5 Å². The van der Waals surface area contributed by atoms with Crippen molar-refractivity contribution in [1.82, 2.24) is 15.3 Å². The van der Waals surface area contributed by atoms with Crippen molar-refractivity contribution in [2.45, 2.75) is 31.8 Å². The highest BCUT2D eigenvalue weighted by Gasteiger charge is 2.27. The average Bonchev–Trinajstić information content (AvgIpc) is 2.42. The molecule has 0 saturated heterocycles. The summed E-state index contributed by atoms with van der Waals surface area (Å²) in [7, 11) is 1.27. The number of rotatable bonds is 5. The Morgan fingerprint density at radius 1 is 1.38 bits per heavy atom. The third kappa shape index (κ3) is 4.07. The van der Waals surface area contributed by atoms with Crippen molar-refractivity contribution >= 4 is 23.6 Å². The van der Waals surface area contributed by atoms with E-state index >= 15 is 0 Å². The minimum absolute atomic E-state index is 0.129. The Morgan fingerprint density at radius 2 is 2.00 bits per heavy atom. The molecule has 1 unspecified atom stereocenters. The lowest BCUT2D eigenvalue weighted by Crippen LogP contribution is -2.45. The number of aryl methyl sites for hydroxylation is 1. The molecule has 1 heterocycles. The van der Waals surface area contributed by atoms with Gasteiger partial charge in [0.2, 0.25) is 0 Å². The van der Waals surface area contributed by atoms with E-state index in [2.05, 4.69) is 20.0 Å². The van der Waals surface area contributed by atoms with Crippen LogP contribution in [0.25, 0.3) is 0 Å². The Bertz CT molecular complexity index is 598. The van der Waals surface area contributed by atoms with E-state index in [1.54, 1.807) is 27.0 Å². The van der Waals surface area contributed by atoms with Crippen molar-refractivity contribution < 1.29 is 14.3 Å². The lowest BCUT2D eigenvalue weighted by molar-refractivity contribution is -0.144. The van der Waals surface area contributed by atoms with Crippen LogP contribution in [0, 0.1) is 12.8 Å². The van der Waals surface area contributed by atoms with E-state index in [0.717, 1.165) is 0 Å². The van der Waals surface area contributed by atoms with Crippen LogP contribution < -0.4 is 11.0 Å². The molecule has 1 rings (SSSR count). The van der Waals surface area contributed by atoms with Crippen molar-refractivity contribution in [3.63, 3.8) is 0 Å². The number of nitrogens with zero attached hydrogens (tertiary/aromatic N) is 1. The number of H-pyrrole nitrogens is 1. The number of carbonyl (C=O) groups is 2. The van der Waals surface area contributed by atoms with E-state index in [0.29, 0.717) is 10.7 Å². The number of carbonyl (C=O) groups excluding carboxylic acids is 2. The highest BCUT2D eigenvalue weighted by atomic mass is 32.2. The van der Waals surface area contributed by atoms with E-state index in [1.165, 1.54) is 18.9 Å². The van der Waals surface area contributed by atoms with Crippen LogP contribution in [0.2, 0.25) is 0 Å². The number of aromatic nitrogens is 2. The van der Waals surface area contributed by atoms with Crippen LogP contribution >= 0.6 is 11.8 Å². The van der Waals surface area contributed by atoms with Crippen molar-refractivity contribution in [2.24, 2.45) is 5.92 Å². The highest BCUT2D eigenvalue weighted by molar-refractivity contribution is 7.98. The molecule has 116 valence electrons. The van der Waals surface area contributed by atoms with E-state index in [1.807, 2.05) is 0 Å². The summed E-state index contributed by atoms with van der Waals surface area (Å²) < 4.78 is 4.68. The van der Waals surface area contributed by atoms with Crippen LogP contribution in [0.3, 0.4) is 0 Å². The Morgan fingerprint density at radius 3 is 2.48 bits per heavy atom. The van der Waals surface area contributed by atoms with E-state index < -0.39 is 23.6 Å². The molecule has 0 spiro atoms. The molecule has 21 heavy (non-hydrogen) atoms. The van der Waals surface area contributed by atoms with Gasteiger partial charge in [-0.05, 0) is 19.1 Å². The predicted octanol–water partition coefficient (Wildman–Crippen LogP) is 0.728. The lowest BCUT2D eigenvalue weighted by Gasteiger charge is -2.20. The summed E-state index contributed by atoms with van der Waals surface area (Å²) in [5.74, 6) is -1.11. The molecule has 0 aliphatic heterocycles. The number of hydrogen-bond donors (Lipinski definition) is 2. The first kappa shape index (κ1) is 17.2. The van der Waals surface area contributed by atoms with Crippen LogP contribution in [0.15, 0.2) is 9.82 Å². The molecule has 0 saturated carbocycles. The first-order valence-corrected chi connectivity index (χ1v) is 7.57. The maximum Gasteiger partial charge on any atom is 0.346 e. The number of thioether (sulfide) groups is 1. The molecule has 7 nitrogen and oxygen atoms in total. The standard InChI is InChI=1S/C13H19N3O4S/c1-6(2)9(12(18)20-4)15-10(17)8-7(3)14-13(19)16-11(8)21-5/h6,9H,1-5H3,(H,15,17)(H,14,16,19). The molecule has 0 fully saturated rings. The Hall–Kier alpha value is -1.83. The van der Waals surface area contributed by atoms with Crippen LogP contribution in [0.4, 0.5) is 0 Å². The predicted molar refractivity (Wildman–Crippen MR) is 79.5 cm³/mol. The quantitative estimate of drug-likeness (QED) is 0.472.